The maximum absolute atomic E-state index is 8.87. The molecule has 0 spiro atoms. The fourth-order valence-corrected chi connectivity index (χ4v) is 2.87. The molecular weight excluding hydrogens is 523 g/mol. The molecule has 2 nitrogen and oxygen atoms in total. The van der Waals surface area contributed by atoms with Crippen LogP contribution in [0.4, 0.5) is 0 Å². The Morgan fingerprint density at radius 2 is 0.931 bits per heavy atom. The first-order valence-corrected chi connectivity index (χ1v) is 11.4. The molecule has 7 heteroatoms. The quantitative estimate of drug-likeness (QED) is 0.251. The van der Waals surface area contributed by atoms with Crippen LogP contribution in [-0.4, -0.2) is 10.2 Å². The van der Waals surface area contributed by atoms with Gasteiger partial charge >= 0.3 is 26.2 Å². The standard InChI is InChI=1S/2C6H5ClOS.2C5H5.Zr/c2*7-9-6-3-1-2-5(8)4-6;2*1-2-4-5-3-1;/h2*1-4,8H;2*1-5H;/q;;2*-1;+2. The molecule has 4 aromatic rings. The average Bonchev–Trinajstić information content (AvgIpc) is 3.47. The van der Waals surface area contributed by atoms with Crippen LogP contribution >= 0.6 is 43.3 Å². The molecule has 0 unspecified atom stereocenters. The SMILES string of the molecule is Oc1cccc(SCl)c1.Oc1cccc(SCl)c1.[Zr+2].c1cc[cH-]c1.c1cc[cH-]c1. The van der Waals surface area contributed by atoms with E-state index in [1.165, 1.54) is 0 Å². The van der Waals surface area contributed by atoms with Crippen LogP contribution in [0.25, 0.3) is 0 Å². The van der Waals surface area contributed by atoms with Crippen LogP contribution in [0, 0.1) is 0 Å². The first-order valence-electron chi connectivity index (χ1n) is 8.14. The molecule has 0 amide bonds. The monoisotopic (exact) mass is 540 g/mol. The smallest absolute Gasteiger partial charge is 0.508 e. The zero-order valence-corrected chi connectivity index (χ0v) is 21.0. The molecule has 0 heterocycles. The van der Waals surface area contributed by atoms with Crippen molar-refractivity contribution < 1.29 is 36.4 Å². The average molecular weight is 543 g/mol. The number of rotatable bonds is 2. The Morgan fingerprint density at radius 1 is 0.586 bits per heavy atom. The minimum atomic E-state index is 0. The van der Waals surface area contributed by atoms with Crippen LogP contribution in [0.15, 0.2) is 119 Å². The number of aromatic hydroxyl groups is 2. The van der Waals surface area contributed by atoms with Crippen molar-refractivity contribution in [2.45, 2.75) is 9.79 Å². The summed E-state index contributed by atoms with van der Waals surface area (Å²) in [6.45, 7) is 0. The molecule has 0 atom stereocenters. The second-order valence-electron chi connectivity index (χ2n) is 5.07. The van der Waals surface area contributed by atoms with Crippen LogP contribution in [0.5, 0.6) is 11.5 Å². The van der Waals surface area contributed by atoms with Gasteiger partial charge in [0.05, 0.1) is 0 Å². The number of hydrogen-bond donors (Lipinski definition) is 2. The van der Waals surface area contributed by atoms with Crippen molar-refractivity contribution in [2.75, 3.05) is 0 Å². The Hall–Kier alpha value is -1.10. The van der Waals surface area contributed by atoms with E-state index in [1.807, 2.05) is 72.8 Å². The topological polar surface area (TPSA) is 40.5 Å². The van der Waals surface area contributed by atoms with E-state index in [0.717, 1.165) is 31.7 Å². The van der Waals surface area contributed by atoms with Gasteiger partial charge in [0, 0.05) is 9.79 Å². The zero-order chi connectivity index (χ0) is 20.5. The van der Waals surface area contributed by atoms with Gasteiger partial charge in [0.15, 0.2) is 0 Å². The molecule has 4 rings (SSSR count). The Kier molecular flexibility index (Phi) is 18.2. The van der Waals surface area contributed by atoms with Gasteiger partial charge in [0.25, 0.3) is 0 Å². The molecule has 0 bridgehead atoms. The molecule has 150 valence electrons. The Balaban J connectivity index is 0.000000369. The molecule has 29 heavy (non-hydrogen) atoms. The molecular formula is C22H20Cl2O2S2Zr. The zero-order valence-electron chi connectivity index (χ0n) is 15.4. The molecule has 0 radical (unpaired) electrons. The first kappa shape index (κ1) is 27.9. The molecule has 0 aliphatic carbocycles. The summed E-state index contributed by atoms with van der Waals surface area (Å²) in [5, 5.41) is 17.7. The molecule has 0 saturated carbocycles. The molecule has 2 N–H and O–H groups in total. The predicted octanol–water partition coefficient (Wildman–Crippen LogP) is 8.08. The van der Waals surface area contributed by atoms with E-state index in [0.29, 0.717) is 0 Å². The molecule has 0 aliphatic heterocycles. The largest absolute Gasteiger partial charge is 2.00 e. The van der Waals surface area contributed by atoms with Crippen LogP contribution in [0.2, 0.25) is 0 Å². The second-order valence-corrected chi connectivity index (χ2v) is 7.25. The number of phenolic OH excluding ortho intramolecular Hbond substituents is 2. The fraction of sp³-hybridized carbons (Fsp3) is 0. The van der Waals surface area contributed by atoms with Gasteiger partial charge in [-0.2, -0.15) is 36.4 Å². The summed E-state index contributed by atoms with van der Waals surface area (Å²) in [7, 11) is 13.0. The fourth-order valence-electron chi connectivity index (χ4n) is 1.70. The van der Waals surface area contributed by atoms with Crippen molar-refractivity contribution in [3.63, 3.8) is 0 Å². The predicted molar refractivity (Wildman–Crippen MR) is 124 cm³/mol. The first-order chi connectivity index (χ1) is 13.7. The summed E-state index contributed by atoms with van der Waals surface area (Å²) in [6, 6.07) is 33.6. The van der Waals surface area contributed by atoms with Gasteiger partial charge in [-0.05, 0) is 79.7 Å². The van der Waals surface area contributed by atoms with E-state index in [2.05, 4.69) is 0 Å². The maximum Gasteiger partial charge on any atom is 2.00 e. The number of phenols is 2. The summed E-state index contributed by atoms with van der Waals surface area (Å²) in [4.78, 5) is 1.72. The second kappa shape index (κ2) is 18.9. The van der Waals surface area contributed by atoms with Crippen LogP contribution < -0.4 is 0 Å². The summed E-state index contributed by atoms with van der Waals surface area (Å²) < 4.78 is 0. The van der Waals surface area contributed by atoms with Gasteiger partial charge in [-0.15, -0.1) is 0 Å². The summed E-state index contributed by atoms with van der Waals surface area (Å²) >= 11 is 0. The molecule has 0 aliphatic rings. The van der Waals surface area contributed by atoms with Crippen molar-refractivity contribution in [3.05, 3.63) is 109 Å². The van der Waals surface area contributed by atoms with Gasteiger partial charge in [0.1, 0.15) is 11.5 Å². The Morgan fingerprint density at radius 3 is 1.10 bits per heavy atom. The van der Waals surface area contributed by atoms with Crippen molar-refractivity contribution in [1.82, 2.24) is 0 Å². The normalized spacial score (nSPS) is 8.62. The van der Waals surface area contributed by atoms with E-state index in [-0.39, 0.29) is 37.7 Å². The van der Waals surface area contributed by atoms with Crippen molar-refractivity contribution >= 4 is 43.3 Å². The van der Waals surface area contributed by atoms with Crippen molar-refractivity contribution in [2.24, 2.45) is 0 Å². The third-order valence-corrected chi connectivity index (χ3v) is 4.86. The minimum absolute atomic E-state index is 0. The van der Waals surface area contributed by atoms with Crippen molar-refractivity contribution in [1.29, 1.82) is 0 Å². The van der Waals surface area contributed by atoms with Crippen LogP contribution in [-0.2, 0) is 26.2 Å². The van der Waals surface area contributed by atoms with Gasteiger partial charge in [-0.1, -0.05) is 12.1 Å². The molecule has 0 aromatic heterocycles. The van der Waals surface area contributed by atoms with Gasteiger partial charge in [-0.25, -0.2) is 24.3 Å². The third-order valence-electron chi connectivity index (χ3n) is 2.92. The maximum atomic E-state index is 8.87. The summed E-state index contributed by atoms with van der Waals surface area (Å²) in [5.41, 5.74) is 0. The number of halogens is 2. The summed E-state index contributed by atoms with van der Waals surface area (Å²) in [6.07, 6.45) is 0. The van der Waals surface area contributed by atoms with E-state index >= 15 is 0 Å². The molecule has 0 fully saturated rings. The minimum Gasteiger partial charge on any atom is -0.508 e. The van der Waals surface area contributed by atoms with Gasteiger partial charge in [-0.3, -0.25) is 0 Å². The Labute approximate surface area is 208 Å². The van der Waals surface area contributed by atoms with E-state index < -0.39 is 0 Å². The molecule has 0 saturated heterocycles. The van der Waals surface area contributed by atoms with Crippen LogP contribution in [0.1, 0.15) is 0 Å². The van der Waals surface area contributed by atoms with E-state index in [9.17, 15) is 0 Å². The third kappa shape index (κ3) is 15.4. The summed E-state index contributed by atoms with van der Waals surface area (Å²) in [5.74, 6) is 0.501. The van der Waals surface area contributed by atoms with Gasteiger partial charge < -0.3 is 10.2 Å². The van der Waals surface area contributed by atoms with Crippen molar-refractivity contribution in [3.8, 4) is 11.5 Å². The number of hydrogen-bond acceptors (Lipinski definition) is 4. The van der Waals surface area contributed by atoms with Gasteiger partial charge in [0.2, 0.25) is 0 Å². The molecule has 4 aromatic carbocycles. The van der Waals surface area contributed by atoms with E-state index in [1.54, 1.807) is 36.4 Å². The van der Waals surface area contributed by atoms with Crippen LogP contribution in [0.3, 0.4) is 0 Å². The van der Waals surface area contributed by atoms with E-state index in [4.69, 9.17) is 31.6 Å². The Bertz CT molecular complexity index is 735. The number of benzene rings is 2.